The summed E-state index contributed by atoms with van der Waals surface area (Å²) in [4.78, 5) is 19.8. The first-order valence-electron chi connectivity index (χ1n) is 7.33. The van der Waals surface area contributed by atoms with Crippen molar-refractivity contribution in [3.8, 4) is 0 Å². The van der Waals surface area contributed by atoms with E-state index in [0.717, 1.165) is 29.3 Å². The first kappa shape index (κ1) is 17.9. The fourth-order valence-corrected chi connectivity index (χ4v) is 3.96. The summed E-state index contributed by atoms with van der Waals surface area (Å²) in [6, 6.07) is 1.22. The van der Waals surface area contributed by atoms with E-state index in [1.54, 1.807) is 0 Å². The zero-order valence-corrected chi connectivity index (χ0v) is 14.2. The zero-order valence-electron chi connectivity index (χ0n) is 12.7. The van der Waals surface area contributed by atoms with Gasteiger partial charge in [0.1, 0.15) is 12.0 Å². The summed E-state index contributed by atoms with van der Waals surface area (Å²) >= 11 is 7.08. The number of nitrogens with zero attached hydrogens (tertiary/aromatic N) is 4. The second kappa shape index (κ2) is 6.75. The van der Waals surface area contributed by atoms with E-state index < -0.39 is 16.8 Å². The molecule has 1 atom stereocenters. The van der Waals surface area contributed by atoms with Crippen molar-refractivity contribution < 1.29 is 18.1 Å². The molecule has 0 aliphatic carbocycles. The molecule has 0 radical (unpaired) electrons. The highest BCUT2D eigenvalue weighted by molar-refractivity contribution is 7.09. The molecule has 0 amide bonds. The fourth-order valence-electron chi connectivity index (χ4n) is 2.73. The highest BCUT2D eigenvalue weighted by Crippen LogP contribution is 2.37. The molecule has 0 saturated carbocycles. The molecule has 2 aromatic rings. The Morgan fingerprint density at radius 1 is 1.44 bits per heavy atom. The van der Waals surface area contributed by atoms with Crippen LogP contribution in [0.3, 0.4) is 0 Å². The molecule has 1 saturated heterocycles. The normalized spacial score (nSPS) is 18.4. The standard InChI is InChI=1S/C14H12ClF3N4O2S/c15-10-4-9(22(23)24)5-19-12(10)21-3-1-2-8(6-21)13-20-11(7-25-13)14(16,17)18/h4-5,7-8H,1-3,6H2. The Balaban J connectivity index is 1.79. The van der Waals surface area contributed by atoms with Gasteiger partial charge >= 0.3 is 6.18 Å². The summed E-state index contributed by atoms with van der Waals surface area (Å²) in [6.45, 7) is 1.04. The lowest BCUT2D eigenvalue weighted by molar-refractivity contribution is -0.385. The molecule has 134 valence electrons. The monoisotopic (exact) mass is 392 g/mol. The van der Waals surface area contributed by atoms with Crippen molar-refractivity contribution in [2.75, 3.05) is 18.0 Å². The number of nitro groups is 1. The average molecular weight is 393 g/mol. The summed E-state index contributed by atoms with van der Waals surface area (Å²) in [5.41, 5.74) is -1.09. The SMILES string of the molecule is O=[N+]([O-])c1cnc(N2CCCC(c3nc(C(F)(F)F)cs3)C2)c(Cl)c1. The first-order chi connectivity index (χ1) is 11.8. The van der Waals surface area contributed by atoms with E-state index in [0.29, 0.717) is 30.3 Å². The second-order valence-corrected chi connectivity index (χ2v) is 6.91. The van der Waals surface area contributed by atoms with Crippen LogP contribution in [0, 0.1) is 10.1 Å². The maximum Gasteiger partial charge on any atom is 0.434 e. The van der Waals surface area contributed by atoms with Gasteiger partial charge in [0, 0.05) is 30.5 Å². The van der Waals surface area contributed by atoms with Crippen molar-refractivity contribution in [3.63, 3.8) is 0 Å². The molecule has 3 heterocycles. The number of aromatic nitrogens is 2. The number of halogens is 4. The van der Waals surface area contributed by atoms with Crippen molar-refractivity contribution in [2.24, 2.45) is 0 Å². The van der Waals surface area contributed by atoms with Crippen LogP contribution in [-0.2, 0) is 6.18 Å². The second-order valence-electron chi connectivity index (χ2n) is 5.61. The van der Waals surface area contributed by atoms with Gasteiger partial charge in [-0.2, -0.15) is 13.2 Å². The number of alkyl halides is 3. The number of thiazole rings is 1. The summed E-state index contributed by atoms with van der Waals surface area (Å²) < 4.78 is 38.2. The molecule has 11 heteroatoms. The van der Waals surface area contributed by atoms with Crippen LogP contribution in [0.1, 0.15) is 29.5 Å². The predicted octanol–water partition coefficient (Wildman–Crippen LogP) is 4.50. The number of pyridine rings is 1. The first-order valence-corrected chi connectivity index (χ1v) is 8.59. The van der Waals surface area contributed by atoms with Crippen LogP contribution in [0.4, 0.5) is 24.7 Å². The molecule has 1 aliphatic rings. The van der Waals surface area contributed by atoms with Crippen molar-refractivity contribution in [1.29, 1.82) is 0 Å². The highest BCUT2D eigenvalue weighted by atomic mass is 35.5. The molecule has 25 heavy (non-hydrogen) atoms. The summed E-state index contributed by atoms with van der Waals surface area (Å²) in [7, 11) is 0. The molecule has 0 bridgehead atoms. The van der Waals surface area contributed by atoms with Gasteiger partial charge in [-0.3, -0.25) is 10.1 Å². The van der Waals surface area contributed by atoms with Gasteiger partial charge in [0.05, 0.1) is 15.0 Å². The van der Waals surface area contributed by atoms with Crippen LogP contribution in [-0.4, -0.2) is 28.0 Å². The minimum Gasteiger partial charge on any atom is -0.355 e. The smallest absolute Gasteiger partial charge is 0.355 e. The van der Waals surface area contributed by atoms with E-state index in [1.165, 1.54) is 6.07 Å². The van der Waals surface area contributed by atoms with Crippen LogP contribution in [0.15, 0.2) is 17.6 Å². The molecule has 1 fully saturated rings. The number of hydrogen-bond acceptors (Lipinski definition) is 6. The molecular weight excluding hydrogens is 381 g/mol. The molecule has 2 aromatic heterocycles. The zero-order chi connectivity index (χ0) is 18.2. The maximum absolute atomic E-state index is 12.7. The topological polar surface area (TPSA) is 72.2 Å². The van der Waals surface area contributed by atoms with Gasteiger partial charge in [-0.15, -0.1) is 11.3 Å². The van der Waals surface area contributed by atoms with Gasteiger partial charge in [-0.05, 0) is 12.8 Å². The lowest BCUT2D eigenvalue weighted by Crippen LogP contribution is -2.35. The Morgan fingerprint density at radius 3 is 2.80 bits per heavy atom. The Labute approximate surface area is 149 Å². The van der Waals surface area contributed by atoms with Crippen molar-refractivity contribution >= 4 is 34.4 Å². The van der Waals surface area contributed by atoms with Gasteiger partial charge in [-0.1, -0.05) is 11.6 Å². The number of hydrogen-bond donors (Lipinski definition) is 0. The molecule has 0 aromatic carbocycles. The Morgan fingerprint density at radius 2 is 2.20 bits per heavy atom. The quantitative estimate of drug-likeness (QED) is 0.568. The lowest BCUT2D eigenvalue weighted by Gasteiger charge is -2.33. The maximum atomic E-state index is 12.7. The van der Waals surface area contributed by atoms with Gasteiger partial charge in [0.25, 0.3) is 5.69 Å². The minimum atomic E-state index is -4.45. The van der Waals surface area contributed by atoms with E-state index in [9.17, 15) is 23.3 Å². The molecular formula is C14H12ClF3N4O2S. The lowest BCUT2D eigenvalue weighted by atomic mass is 9.98. The van der Waals surface area contributed by atoms with Crippen LogP contribution < -0.4 is 4.90 Å². The third-order valence-corrected chi connectivity index (χ3v) is 5.19. The predicted molar refractivity (Wildman–Crippen MR) is 87.2 cm³/mol. The third-order valence-electron chi connectivity index (χ3n) is 3.90. The minimum absolute atomic E-state index is 0.143. The summed E-state index contributed by atoms with van der Waals surface area (Å²) in [5.74, 6) is 0.229. The van der Waals surface area contributed by atoms with E-state index >= 15 is 0 Å². The van der Waals surface area contributed by atoms with Crippen LogP contribution in [0.5, 0.6) is 0 Å². The highest BCUT2D eigenvalue weighted by Gasteiger charge is 2.35. The molecule has 0 N–H and O–H groups in total. The number of anilines is 1. The average Bonchev–Trinajstić information content (AvgIpc) is 3.05. The fraction of sp³-hybridized carbons (Fsp3) is 0.429. The third kappa shape index (κ3) is 3.84. The van der Waals surface area contributed by atoms with Gasteiger partial charge < -0.3 is 4.90 Å². The van der Waals surface area contributed by atoms with E-state index in [1.807, 2.05) is 4.90 Å². The van der Waals surface area contributed by atoms with Crippen molar-refractivity contribution in [2.45, 2.75) is 24.9 Å². The Bertz CT molecular complexity index is 799. The van der Waals surface area contributed by atoms with Crippen molar-refractivity contribution in [1.82, 2.24) is 9.97 Å². The summed E-state index contributed by atoms with van der Waals surface area (Å²) in [6.07, 6.45) is -1.88. The summed E-state index contributed by atoms with van der Waals surface area (Å²) in [5, 5.41) is 12.3. The van der Waals surface area contributed by atoms with Crippen LogP contribution in [0.25, 0.3) is 0 Å². The van der Waals surface area contributed by atoms with Gasteiger partial charge in [0.15, 0.2) is 5.69 Å². The van der Waals surface area contributed by atoms with Crippen LogP contribution in [0.2, 0.25) is 5.02 Å². The number of rotatable bonds is 3. The van der Waals surface area contributed by atoms with Crippen molar-refractivity contribution in [3.05, 3.63) is 43.5 Å². The molecule has 6 nitrogen and oxygen atoms in total. The van der Waals surface area contributed by atoms with Crippen LogP contribution >= 0.6 is 22.9 Å². The number of piperidine rings is 1. The van der Waals surface area contributed by atoms with E-state index in [-0.39, 0.29) is 16.6 Å². The molecule has 1 aliphatic heterocycles. The molecule has 0 spiro atoms. The largest absolute Gasteiger partial charge is 0.434 e. The molecule has 1 unspecified atom stereocenters. The van der Waals surface area contributed by atoms with Gasteiger partial charge in [0.2, 0.25) is 0 Å². The van der Waals surface area contributed by atoms with E-state index in [2.05, 4.69) is 9.97 Å². The Hall–Kier alpha value is -1.94. The Kier molecular flexibility index (Phi) is 4.83. The molecule has 3 rings (SSSR count). The van der Waals surface area contributed by atoms with Gasteiger partial charge in [-0.25, -0.2) is 9.97 Å². The van der Waals surface area contributed by atoms with E-state index in [4.69, 9.17) is 11.6 Å².